The molecule has 2 aliphatic carbocycles. The molecule has 1 aromatic rings. The smallest absolute Gasteiger partial charge is 0.144 e. The molecule has 1 aromatic heterocycles. The Kier molecular flexibility index (Phi) is 3.79. The zero-order chi connectivity index (χ0) is 13.4. The third kappa shape index (κ3) is 2.64. The second kappa shape index (κ2) is 5.39. The summed E-state index contributed by atoms with van der Waals surface area (Å²) in [6, 6.07) is 0. The zero-order valence-electron chi connectivity index (χ0n) is 11.7. The van der Waals surface area contributed by atoms with E-state index in [0.717, 1.165) is 22.0 Å². The van der Waals surface area contributed by atoms with E-state index in [0.29, 0.717) is 11.8 Å². The maximum Gasteiger partial charge on any atom is 0.144 e. The first-order valence-corrected chi connectivity index (χ1v) is 8.27. The Balaban J connectivity index is 1.91. The topological polar surface area (TPSA) is 37.8 Å². The van der Waals surface area contributed by atoms with Crippen LogP contribution in [0.25, 0.3) is 0 Å². The zero-order valence-corrected chi connectivity index (χ0v) is 13.3. The Labute approximate surface area is 123 Å². The van der Waals surface area contributed by atoms with Gasteiger partial charge < -0.3 is 5.32 Å². The lowest BCUT2D eigenvalue weighted by Crippen LogP contribution is -2.08. The molecule has 19 heavy (non-hydrogen) atoms. The van der Waals surface area contributed by atoms with E-state index in [-0.39, 0.29) is 0 Å². The predicted molar refractivity (Wildman–Crippen MR) is 81.6 cm³/mol. The second-order valence-corrected chi connectivity index (χ2v) is 6.73. The highest BCUT2D eigenvalue weighted by Gasteiger charge is 2.32. The van der Waals surface area contributed by atoms with Gasteiger partial charge in [0.15, 0.2) is 0 Å². The van der Waals surface area contributed by atoms with Gasteiger partial charge in [-0.2, -0.15) is 0 Å². The molecule has 0 aromatic carbocycles. The lowest BCUT2D eigenvalue weighted by Gasteiger charge is -2.14. The second-order valence-electron chi connectivity index (χ2n) is 5.94. The summed E-state index contributed by atoms with van der Waals surface area (Å²) in [4.78, 5) is 9.64. The van der Waals surface area contributed by atoms with E-state index >= 15 is 0 Å². The molecular formula is C15H22BrN3. The summed E-state index contributed by atoms with van der Waals surface area (Å²) in [6.45, 7) is 2.30. The maximum absolute atomic E-state index is 4.90. The van der Waals surface area contributed by atoms with Crippen molar-refractivity contribution >= 4 is 21.7 Å². The van der Waals surface area contributed by atoms with Crippen LogP contribution in [0.2, 0.25) is 0 Å². The van der Waals surface area contributed by atoms with E-state index in [9.17, 15) is 0 Å². The van der Waals surface area contributed by atoms with Crippen molar-refractivity contribution in [3.05, 3.63) is 16.0 Å². The predicted octanol–water partition coefficient (Wildman–Crippen LogP) is 4.45. The fourth-order valence-electron chi connectivity index (χ4n) is 3.14. The summed E-state index contributed by atoms with van der Waals surface area (Å²) >= 11 is 3.66. The van der Waals surface area contributed by atoms with Crippen LogP contribution >= 0.6 is 15.9 Å². The molecule has 2 fully saturated rings. The van der Waals surface area contributed by atoms with Gasteiger partial charge in [-0.25, -0.2) is 9.97 Å². The third-order valence-corrected chi connectivity index (χ3v) is 5.36. The minimum absolute atomic E-state index is 0.572. The summed E-state index contributed by atoms with van der Waals surface area (Å²) < 4.78 is 1.08. The quantitative estimate of drug-likeness (QED) is 0.889. The van der Waals surface area contributed by atoms with Gasteiger partial charge in [0.2, 0.25) is 0 Å². The lowest BCUT2D eigenvalue weighted by molar-refractivity contribution is 0.516. The van der Waals surface area contributed by atoms with Crippen molar-refractivity contribution < 1.29 is 0 Å². The van der Waals surface area contributed by atoms with Gasteiger partial charge in [-0.1, -0.05) is 13.3 Å². The van der Waals surface area contributed by atoms with Gasteiger partial charge in [0.1, 0.15) is 11.6 Å². The van der Waals surface area contributed by atoms with E-state index in [4.69, 9.17) is 9.97 Å². The van der Waals surface area contributed by atoms with E-state index in [2.05, 4.69) is 28.2 Å². The largest absolute Gasteiger partial charge is 0.372 e. The van der Waals surface area contributed by atoms with Gasteiger partial charge >= 0.3 is 0 Å². The molecule has 3 rings (SSSR count). The number of rotatable bonds is 4. The molecule has 104 valence electrons. The average Bonchev–Trinajstić information content (AvgIpc) is 3.16. The summed E-state index contributed by atoms with van der Waals surface area (Å²) in [5.41, 5.74) is 1.23. The maximum atomic E-state index is 4.90. The summed E-state index contributed by atoms with van der Waals surface area (Å²) in [7, 11) is 1.94. The van der Waals surface area contributed by atoms with Gasteiger partial charge in [-0.15, -0.1) is 0 Å². The van der Waals surface area contributed by atoms with Crippen LogP contribution in [0.4, 0.5) is 5.82 Å². The monoisotopic (exact) mass is 323 g/mol. The normalized spacial score (nSPS) is 26.7. The highest BCUT2D eigenvalue weighted by molar-refractivity contribution is 9.10. The molecule has 0 aliphatic heterocycles. The van der Waals surface area contributed by atoms with Crippen LogP contribution in [-0.2, 0) is 0 Å². The first-order valence-electron chi connectivity index (χ1n) is 7.48. The third-order valence-electron chi connectivity index (χ3n) is 4.58. The summed E-state index contributed by atoms with van der Waals surface area (Å²) in [5.74, 6) is 4.14. The molecule has 2 unspecified atom stereocenters. The molecule has 1 heterocycles. The van der Waals surface area contributed by atoms with Crippen LogP contribution in [0, 0.1) is 5.92 Å². The fourth-order valence-corrected chi connectivity index (χ4v) is 3.84. The van der Waals surface area contributed by atoms with Gasteiger partial charge in [0, 0.05) is 18.9 Å². The van der Waals surface area contributed by atoms with Gasteiger partial charge in [0.05, 0.1) is 10.2 Å². The lowest BCUT2D eigenvalue weighted by atomic mass is 10.0. The first kappa shape index (κ1) is 13.3. The molecular weight excluding hydrogens is 302 g/mol. The highest BCUT2D eigenvalue weighted by Crippen LogP contribution is 2.45. The number of hydrogen-bond donors (Lipinski definition) is 1. The SMILES string of the molecule is CCC1CCC(c2nc(NC)c(Br)c(C3CC3)n2)C1. The molecule has 2 atom stereocenters. The van der Waals surface area contributed by atoms with Crippen molar-refractivity contribution in [2.24, 2.45) is 5.92 Å². The molecule has 2 saturated carbocycles. The molecule has 1 N–H and O–H groups in total. The molecule has 0 bridgehead atoms. The van der Waals surface area contributed by atoms with Gasteiger partial charge in [-0.3, -0.25) is 0 Å². The van der Waals surface area contributed by atoms with Gasteiger partial charge in [-0.05, 0) is 54.0 Å². The number of nitrogens with zero attached hydrogens (tertiary/aromatic N) is 2. The standard InChI is InChI=1S/C15H22BrN3/c1-3-9-4-5-11(8-9)14-18-13(10-6-7-10)12(16)15(17-2)19-14/h9-11H,3-8H2,1-2H3,(H,17,18,19). The van der Waals surface area contributed by atoms with Crippen LogP contribution in [0.5, 0.6) is 0 Å². The molecule has 0 spiro atoms. The van der Waals surface area contributed by atoms with Crippen molar-refractivity contribution in [2.45, 2.75) is 57.3 Å². The van der Waals surface area contributed by atoms with E-state index in [1.807, 2.05) is 7.05 Å². The molecule has 2 aliphatic rings. The Morgan fingerprint density at radius 1 is 1.16 bits per heavy atom. The van der Waals surface area contributed by atoms with Crippen LogP contribution in [0.3, 0.4) is 0 Å². The summed E-state index contributed by atoms with van der Waals surface area (Å²) in [5, 5.41) is 3.21. The Bertz CT molecular complexity index is 471. The summed E-state index contributed by atoms with van der Waals surface area (Å²) in [6.07, 6.45) is 7.72. The minimum atomic E-state index is 0.572. The molecule has 0 saturated heterocycles. The molecule has 0 radical (unpaired) electrons. The number of halogens is 1. The minimum Gasteiger partial charge on any atom is -0.372 e. The fraction of sp³-hybridized carbons (Fsp3) is 0.733. The Morgan fingerprint density at radius 2 is 1.89 bits per heavy atom. The number of aromatic nitrogens is 2. The van der Waals surface area contributed by atoms with Crippen LogP contribution in [0.1, 0.15) is 68.8 Å². The van der Waals surface area contributed by atoms with E-state index in [1.54, 1.807) is 0 Å². The highest BCUT2D eigenvalue weighted by atomic mass is 79.9. The number of nitrogens with one attached hydrogen (secondary N) is 1. The first-order chi connectivity index (χ1) is 9.22. The Morgan fingerprint density at radius 3 is 2.47 bits per heavy atom. The number of hydrogen-bond acceptors (Lipinski definition) is 3. The average molecular weight is 324 g/mol. The molecule has 0 amide bonds. The van der Waals surface area contributed by atoms with Crippen molar-refractivity contribution in [3.63, 3.8) is 0 Å². The van der Waals surface area contributed by atoms with Crippen molar-refractivity contribution in [1.29, 1.82) is 0 Å². The molecule has 4 heteroatoms. The molecule has 3 nitrogen and oxygen atoms in total. The van der Waals surface area contributed by atoms with E-state index in [1.165, 1.54) is 44.2 Å². The van der Waals surface area contributed by atoms with Crippen LogP contribution in [0.15, 0.2) is 4.47 Å². The van der Waals surface area contributed by atoms with Crippen molar-refractivity contribution in [1.82, 2.24) is 9.97 Å². The Hall–Kier alpha value is -0.640. The van der Waals surface area contributed by atoms with Crippen molar-refractivity contribution in [3.8, 4) is 0 Å². The van der Waals surface area contributed by atoms with Crippen molar-refractivity contribution in [2.75, 3.05) is 12.4 Å². The number of anilines is 1. The van der Waals surface area contributed by atoms with Crippen LogP contribution in [-0.4, -0.2) is 17.0 Å². The van der Waals surface area contributed by atoms with Crippen LogP contribution < -0.4 is 5.32 Å². The van der Waals surface area contributed by atoms with E-state index < -0.39 is 0 Å². The van der Waals surface area contributed by atoms with Gasteiger partial charge in [0.25, 0.3) is 0 Å².